The van der Waals surface area contributed by atoms with Gasteiger partial charge in [-0.2, -0.15) is 0 Å². The number of carbonyl (C=O) groups is 1. The van der Waals surface area contributed by atoms with Gasteiger partial charge in [-0.15, -0.1) is 0 Å². The summed E-state index contributed by atoms with van der Waals surface area (Å²) >= 11 is 0. The molecule has 2 aromatic rings. The molecule has 1 aliphatic heterocycles. The Hall–Kier alpha value is -2.13. The van der Waals surface area contributed by atoms with Crippen molar-refractivity contribution >= 4 is 5.97 Å². The molecule has 1 aliphatic rings. The van der Waals surface area contributed by atoms with Gasteiger partial charge in [-0.1, -0.05) is 54.6 Å². The highest BCUT2D eigenvalue weighted by atomic mass is 16.5. The van der Waals surface area contributed by atoms with E-state index in [-0.39, 0.29) is 12.0 Å². The molecule has 0 bridgehead atoms. The van der Waals surface area contributed by atoms with Crippen LogP contribution in [-0.2, 0) is 29.0 Å². The monoisotopic (exact) mass is 295 g/mol. The molecule has 22 heavy (non-hydrogen) atoms. The summed E-state index contributed by atoms with van der Waals surface area (Å²) in [7, 11) is 0. The third-order valence-electron chi connectivity index (χ3n) is 4.13. The number of benzene rings is 2. The van der Waals surface area contributed by atoms with Crippen LogP contribution in [0.2, 0.25) is 0 Å². The van der Waals surface area contributed by atoms with Gasteiger partial charge in [0.1, 0.15) is 6.04 Å². The SMILES string of the molecule is CCOC(=O)C1Cc2ccccc2CN1Cc1ccccc1. The van der Waals surface area contributed by atoms with E-state index in [9.17, 15) is 4.79 Å². The summed E-state index contributed by atoms with van der Waals surface area (Å²) in [5.41, 5.74) is 3.78. The lowest BCUT2D eigenvalue weighted by molar-refractivity contribution is -0.150. The van der Waals surface area contributed by atoms with Crippen LogP contribution in [0.5, 0.6) is 0 Å². The summed E-state index contributed by atoms with van der Waals surface area (Å²) in [6.45, 7) is 3.83. The van der Waals surface area contributed by atoms with Crippen molar-refractivity contribution in [1.82, 2.24) is 4.90 Å². The first-order valence-corrected chi connectivity index (χ1v) is 7.79. The Morgan fingerprint density at radius 2 is 1.77 bits per heavy atom. The van der Waals surface area contributed by atoms with Gasteiger partial charge in [0.05, 0.1) is 6.61 Å². The molecule has 1 heterocycles. The highest BCUT2D eigenvalue weighted by Crippen LogP contribution is 2.25. The van der Waals surface area contributed by atoms with E-state index in [1.165, 1.54) is 16.7 Å². The van der Waals surface area contributed by atoms with E-state index in [4.69, 9.17) is 4.74 Å². The van der Waals surface area contributed by atoms with Crippen LogP contribution < -0.4 is 0 Å². The number of fused-ring (bicyclic) bond motifs is 1. The number of carbonyl (C=O) groups excluding carboxylic acids is 1. The largest absolute Gasteiger partial charge is 0.465 e. The number of ether oxygens (including phenoxy) is 1. The van der Waals surface area contributed by atoms with E-state index >= 15 is 0 Å². The molecule has 0 saturated carbocycles. The summed E-state index contributed by atoms with van der Waals surface area (Å²) in [6, 6.07) is 18.4. The Morgan fingerprint density at radius 1 is 1.09 bits per heavy atom. The first-order valence-electron chi connectivity index (χ1n) is 7.79. The molecule has 0 fully saturated rings. The maximum absolute atomic E-state index is 12.3. The predicted molar refractivity (Wildman–Crippen MR) is 86.3 cm³/mol. The first-order chi connectivity index (χ1) is 10.8. The Labute approximate surface area is 131 Å². The van der Waals surface area contributed by atoms with Gasteiger partial charge in [0.2, 0.25) is 0 Å². The molecule has 0 spiro atoms. The molecule has 3 nitrogen and oxygen atoms in total. The van der Waals surface area contributed by atoms with Crippen molar-refractivity contribution in [3.63, 3.8) is 0 Å². The average Bonchev–Trinajstić information content (AvgIpc) is 2.55. The molecule has 1 unspecified atom stereocenters. The van der Waals surface area contributed by atoms with Gasteiger partial charge in [0.15, 0.2) is 0 Å². The van der Waals surface area contributed by atoms with Crippen molar-refractivity contribution in [2.75, 3.05) is 6.61 Å². The lowest BCUT2D eigenvalue weighted by Gasteiger charge is -2.35. The van der Waals surface area contributed by atoms with Crippen LogP contribution in [0.4, 0.5) is 0 Å². The summed E-state index contributed by atoms with van der Waals surface area (Å²) < 4.78 is 5.28. The quantitative estimate of drug-likeness (QED) is 0.811. The smallest absolute Gasteiger partial charge is 0.323 e. The Kier molecular flexibility index (Phi) is 4.54. The van der Waals surface area contributed by atoms with Gasteiger partial charge in [-0.3, -0.25) is 9.69 Å². The molecule has 0 aliphatic carbocycles. The molecular weight excluding hydrogens is 274 g/mol. The molecular formula is C19H21NO2. The van der Waals surface area contributed by atoms with Gasteiger partial charge in [0.25, 0.3) is 0 Å². The van der Waals surface area contributed by atoms with Gasteiger partial charge in [-0.05, 0) is 30.0 Å². The topological polar surface area (TPSA) is 29.5 Å². The van der Waals surface area contributed by atoms with Gasteiger partial charge >= 0.3 is 5.97 Å². The average molecular weight is 295 g/mol. The molecule has 0 saturated heterocycles. The minimum Gasteiger partial charge on any atom is -0.465 e. The van der Waals surface area contributed by atoms with E-state index < -0.39 is 0 Å². The van der Waals surface area contributed by atoms with Crippen LogP contribution in [0.1, 0.15) is 23.6 Å². The minimum absolute atomic E-state index is 0.118. The van der Waals surface area contributed by atoms with Crippen LogP contribution in [0.3, 0.4) is 0 Å². The van der Waals surface area contributed by atoms with E-state index in [1.54, 1.807) is 0 Å². The molecule has 1 atom stereocenters. The Balaban J connectivity index is 1.85. The Morgan fingerprint density at radius 3 is 2.50 bits per heavy atom. The highest BCUT2D eigenvalue weighted by Gasteiger charge is 2.32. The van der Waals surface area contributed by atoms with E-state index in [2.05, 4.69) is 35.2 Å². The van der Waals surface area contributed by atoms with Gasteiger partial charge in [-0.25, -0.2) is 0 Å². The molecule has 0 N–H and O–H groups in total. The molecule has 3 rings (SSSR count). The van der Waals surface area contributed by atoms with E-state index in [0.717, 1.165) is 19.5 Å². The van der Waals surface area contributed by atoms with E-state index in [1.807, 2.05) is 31.2 Å². The van der Waals surface area contributed by atoms with Crippen LogP contribution in [0.25, 0.3) is 0 Å². The normalized spacial score (nSPS) is 17.8. The fraction of sp³-hybridized carbons (Fsp3) is 0.316. The van der Waals surface area contributed by atoms with Crippen LogP contribution >= 0.6 is 0 Å². The van der Waals surface area contributed by atoms with Crippen molar-refractivity contribution in [3.8, 4) is 0 Å². The molecule has 3 heteroatoms. The second kappa shape index (κ2) is 6.75. The number of hydrogen-bond donors (Lipinski definition) is 0. The summed E-state index contributed by atoms with van der Waals surface area (Å²) in [5, 5.41) is 0. The third kappa shape index (κ3) is 3.20. The van der Waals surface area contributed by atoms with E-state index in [0.29, 0.717) is 6.61 Å². The number of rotatable bonds is 4. The number of esters is 1. The highest BCUT2D eigenvalue weighted by molar-refractivity contribution is 5.76. The minimum atomic E-state index is -0.199. The lowest BCUT2D eigenvalue weighted by atomic mass is 9.93. The summed E-state index contributed by atoms with van der Waals surface area (Å²) in [5.74, 6) is -0.118. The fourth-order valence-corrected chi connectivity index (χ4v) is 3.03. The second-order valence-electron chi connectivity index (χ2n) is 5.63. The molecule has 2 aromatic carbocycles. The van der Waals surface area contributed by atoms with Gasteiger partial charge in [0, 0.05) is 13.1 Å². The zero-order chi connectivity index (χ0) is 15.4. The van der Waals surface area contributed by atoms with Crippen LogP contribution in [-0.4, -0.2) is 23.5 Å². The molecule has 0 amide bonds. The molecule has 0 radical (unpaired) electrons. The standard InChI is InChI=1S/C19H21NO2/c1-2-22-19(21)18-12-16-10-6-7-11-17(16)14-20(18)13-15-8-4-3-5-9-15/h3-11,18H,2,12-14H2,1H3. The van der Waals surface area contributed by atoms with Crippen molar-refractivity contribution in [2.45, 2.75) is 32.5 Å². The molecule has 0 aromatic heterocycles. The first kappa shape index (κ1) is 14.8. The maximum atomic E-state index is 12.3. The zero-order valence-electron chi connectivity index (χ0n) is 12.9. The van der Waals surface area contributed by atoms with Crippen molar-refractivity contribution in [2.24, 2.45) is 0 Å². The summed E-state index contributed by atoms with van der Waals surface area (Å²) in [4.78, 5) is 14.6. The fourth-order valence-electron chi connectivity index (χ4n) is 3.03. The zero-order valence-corrected chi connectivity index (χ0v) is 12.9. The number of nitrogens with zero attached hydrogens (tertiary/aromatic N) is 1. The van der Waals surface area contributed by atoms with Gasteiger partial charge < -0.3 is 4.74 Å². The van der Waals surface area contributed by atoms with Crippen molar-refractivity contribution < 1.29 is 9.53 Å². The maximum Gasteiger partial charge on any atom is 0.323 e. The number of hydrogen-bond acceptors (Lipinski definition) is 3. The van der Waals surface area contributed by atoms with Crippen LogP contribution in [0.15, 0.2) is 54.6 Å². The van der Waals surface area contributed by atoms with Crippen LogP contribution in [0, 0.1) is 0 Å². The van der Waals surface area contributed by atoms with Crippen molar-refractivity contribution in [3.05, 3.63) is 71.3 Å². The predicted octanol–water partition coefficient (Wildman–Crippen LogP) is 3.18. The summed E-state index contributed by atoms with van der Waals surface area (Å²) in [6.07, 6.45) is 0.724. The lowest BCUT2D eigenvalue weighted by Crippen LogP contribution is -2.45. The third-order valence-corrected chi connectivity index (χ3v) is 4.13. The van der Waals surface area contributed by atoms with Crippen molar-refractivity contribution in [1.29, 1.82) is 0 Å². The molecule has 114 valence electrons. The second-order valence-corrected chi connectivity index (χ2v) is 5.63. The Bertz CT molecular complexity index is 639.